The van der Waals surface area contributed by atoms with Crippen LogP contribution in [0.1, 0.15) is 27.9 Å². The lowest BCUT2D eigenvalue weighted by Gasteiger charge is -2.29. The van der Waals surface area contributed by atoms with Crippen LogP contribution in [-0.2, 0) is 25.4 Å². The minimum atomic E-state index is -0.725. The van der Waals surface area contributed by atoms with E-state index in [0.717, 1.165) is 25.8 Å². The number of hydrogen-bond donors (Lipinski definition) is 3. The highest BCUT2D eigenvalue weighted by atomic mass is 35.5. The predicted molar refractivity (Wildman–Crippen MR) is 171 cm³/mol. The highest BCUT2D eigenvalue weighted by Gasteiger charge is 2.25. The molecule has 2 atom stereocenters. The number of nitrogens with zero attached hydrogens (tertiary/aromatic N) is 2. The maximum Gasteiger partial charge on any atom is 0.330 e. The van der Waals surface area contributed by atoms with Crippen molar-refractivity contribution in [2.24, 2.45) is 14.1 Å². The van der Waals surface area contributed by atoms with Crippen molar-refractivity contribution in [3.63, 3.8) is 0 Å². The van der Waals surface area contributed by atoms with Crippen LogP contribution in [0.4, 0.5) is 10.1 Å². The second-order valence-electron chi connectivity index (χ2n) is 11.0. The molecule has 12 heteroatoms. The summed E-state index contributed by atoms with van der Waals surface area (Å²) in [6, 6.07) is 13.7. The van der Waals surface area contributed by atoms with Crippen molar-refractivity contribution in [2.75, 3.05) is 25.6 Å². The summed E-state index contributed by atoms with van der Waals surface area (Å²) < 4.78 is 28.4. The van der Waals surface area contributed by atoms with E-state index in [1.54, 1.807) is 24.3 Å². The summed E-state index contributed by atoms with van der Waals surface area (Å²) in [5.41, 5.74) is 2.68. The molecule has 0 radical (unpaired) electrons. The van der Waals surface area contributed by atoms with Crippen LogP contribution in [-0.4, -0.2) is 52.6 Å². The van der Waals surface area contributed by atoms with Gasteiger partial charge in [-0.25, -0.2) is 9.18 Å². The Bertz CT molecular complexity index is 1890. The average Bonchev–Trinajstić information content (AvgIpc) is 3.02. The molecular weight excluding hydrogens is 603 g/mol. The zero-order chi connectivity index (χ0) is 32.4. The van der Waals surface area contributed by atoms with E-state index in [0.29, 0.717) is 35.5 Å². The van der Waals surface area contributed by atoms with E-state index in [1.807, 2.05) is 25.1 Å². The molecule has 1 saturated heterocycles. The summed E-state index contributed by atoms with van der Waals surface area (Å²) in [7, 11) is 4.24. The monoisotopic (exact) mass is 636 g/mol. The number of amides is 1. The fraction of sp³-hybridized carbons (Fsp3) is 0.303. The smallest absolute Gasteiger partial charge is 0.330 e. The Balaban J connectivity index is 1.45. The van der Waals surface area contributed by atoms with Gasteiger partial charge in [0, 0.05) is 50.6 Å². The molecule has 0 aliphatic carbocycles. The number of aliphatic hydroxyl groups excluding tert-OH is 1. The normalized spacial score (nSPS) is 16.4. The molecule has 45 heavy (non-hydrogen) atoms. The third-order valence-corrected chi connectivity index (χ3v) is 8.52. The Morgan fingerprint density at radius 3 is 2.58 bits per heavy atom. The Kier molecular flexibility index (Phi) is 9.54. The highest BCUT2D eigenvalue weighted by Crippen LogP contribution is 2.40. The number of rotatable bonds is 8. The number of aryl methyl sites for hydroxylation is 1. The van der Waals surface area contributed by atoms with Crippen LogP contribution in [0.15, 0.2) is 64.3 Å². The Morgan fingerprint density at radius 2 is 1.84 bits per heavy atom. The molecular formula is C33H34ClFN4O6. The van der Waals surface area contributed by atoms with Crippen molar-refractivity contribution in [2.45, 2.75) is 32.0 Å². The number of carbonyl (C=O) groups excluding carboxylic acids is 1. The van der Waals surface area contributed by atoms with Gasteiger partial charge in [-0.1, -0.05) is 41.9 Å². The zero-order valence-corrected chi connectivity index (χ0v) is 26.1. The lowest BCUT2D eigenvalue weighted by atomic mass is 9.91. The number of hydrogen-bond acceptors (Lipinski definition) is 7. The van der Waals surface area contributed by atoms with Crippen LogP contribution in [0.3, 0.4) is 0 Å². The summed E-state index contributed by atoms with van der Waals surface area (Å²) in [5, 5.41) is 16.3. The van der Waals surface area contributed by atoms with E-state index in [4.69, 9.17) is 21.1 Å². The molecule has 1 aliphatic heterocycles. The second kappa shape index (κ2) is 13.4. The van der Waals surface area contributed by atoms with Gasteiger partial charge in [-0.15, -0.1) is 0 Å². The van der Waals surface area contributed by atoms with E-state index in [2.05, 4.69) is 10.6 Å². The van der Waals surface area contributed by atoms with Gasteiger partial charge in [0.15, 0.2) is 0 Å². The SMILES string of the molecule is COc1cc(-c2cccc(-c3cccc(NC(=O)c4cn(C)c(=O)n(C)c4=O)c3Cl)c2C)cc(F)c1CN[C@@H]1CCOC[C@@H]1O. The molecule has 1 aromatic heterocycles. The number of nitrogens with one attached hydrogen (secondary N) is 2. The van der Waals surface area contributed by atoms with E-state index in [1.165, 1.54) is 33.5 Å². The fourth-order valence-corrected chi connectivity index (χ4v) is 5.82. The number of ether oxygens (including phenoxy) is 2. The second-order valence-corrected chi connectivity index (χ2v) is 11.3. The number of anilines is 1. The standard InChI is InChI=1S/C33H34ClFN4O6/c1-18-20(19-13-25(35)23(29(14-19)44-4)15-36-26-11-12-45-17-28(26)40)7-5-8-21(18)22-9-6-10-27(30(22)34)37-31(41)24-16-38(2)33(43)39(3)32(24)42/h5-10,13-14,16,26,28,36,40H,11-12,15,17H2,1-4H3,(H,37,41)/t26-,28+/m1/s1. The molecule has 236 valence electrons. The van der Waals surface area contributed by atoms with Gasteiger partial charge in [0.05, 0.1) is 30.5 Å². The number of halogens is 2. The van der Waals surface area contributed by atoms with Crippen LogP contribution in [0.25, 0.3) is 22.3 Å². The zero-order valence-electron chi connectivity index (χ0n) is 25.3. The van der Waals surface area contributed by atoms with E-state index in [-0.39, 0.29) is 35.5 Å². The van der Waals surface area contributed by atoms with Gasteiger partial charge in [0.2, 0.25) is 0 Å². The summed E-state index contributed by atoms with van der Waals surface area (Å²) >= 11 is 6.81. The lowest BCUT2D eigenvalue weighted by Crippen LogP contribution is -2.46. The predicted octanol–water partition coefficient (Wildman–Crippen LogP) is 4.02. The molecule has 1 fully saturated rings. The first kappa shape index (κ1) is 32.1. The van der Waals surface area contributed by atoms with Gasteiger partial charge < -0.3 is 29.8 Å². The number of aromatic nitrogens is 2. The van der Waals surface area contributed by atoms with E-state index in [9.17, 15) is 19.5 Å². The van der Waals surface area contributed by atoms with Crippen molar-refractivity contribution in [3.05, 3.63) is 103 Å². The molecule has 2 heterocycles. The number of methoxy groups -OCH3 is 1. The molecule has 3 aromatic carbocycles. The minimum Gasteiger partial charge on any atom is -0.496 e. The Hall–Kier alpha value is -4.29. The molecule has 5 rings (SSSR count). The van der Waals surface area contributed by atoms with Crippen molar-refractivity contribution in [1.29, 1.82) is 0 Å². The largest absolute Gasteiger partial charge is 0.496 e. The molecule has 0 spiro atoms. The fourth-order valence-electron chi connectivity index (χ4n) is 5.55. The Labute approximate surface area is 264 Å². The van der Waals surface area contributed by atoms with Gasteiger partial charge in [-0.2, -0.15) is 0 Å². The van der Waals surface area contributed by atoms with Crippen LogP contribution >= 0.6 is 11.6 Å². The molecule has 1 amide bonds. The molecule has 1 aliphatic rings. The van der Waals surface area contributed by atoms with Gasteiger partial charge >= 0.3 is 5.69 Å². The van der Waals surface area contributed by atoms with Gasteiger partial charge in [0.25, 0.3) is 11.5 Å². The molecule has 3 N–H and O–H groups in total. The van der Waals surface area contributed by atoms with Crippen molar-refractivity contribution in [3.8, 4) is 28.0 Å². The maximum atomic E-state index is 15.6. The van der Waals surface area contributed by atoms with E-state index < -0.39 is 29.1 Å². The molecule has 0 unspecified atom stereocenters. The molecule has 10 nitrogen and oxygen atoms in total. The first-order chi connectivity index (χ1) is 21.5. The summed E-state index contributed by atoms with van der Waals surface area (Å²) in [6.45, 7) is 2.83. The summed E-state index contributed by atoms with van der Waals surface area (Å²) in [4.78, 5) is 37.7. The van der Waals surface area contributed by atoms with Crippen LogP contribution < -0.4 is 26.6 Å². The first-order valence-electron chi connectivity index (χ1n) is 14.3. The van der Waals surface area contributed by atoms with Gasteiger partial charge in [-0.05, 0) is 53.8 Å². The van der Waals surface area contributed by atoms with Crippen LogP contribution in [0.2, 0.25) is 5.02 Å². The van der Waals surface area contributed by atoms with Crippen LogP contribution in [0.5, 0.6) is 5.75 Å². The van der Waals surface area contributed by atoms with Crippen molar-refractivity contribution in [1.82, 2.24) is 14.5 Å². The number of aliphatic hydroxyl groups is 1. The third-order valence-electron chi connectivity index (χ3n) is 8.11. The minimum absolute atomic E-state index is 0.176. The highest BCUT2D eigenvalue weighted by molar-refractivity contribution is 6.36. The third kappa shape index (κ3) is 6.43. The quantitative estimate of drug-likeness (QED) is 0.267. The van der Waals surface area contributed by atoms with Crippen molar-refractivity contribution < 1.29 is 23.8 Å². The maximum absolute atomic E-state index is 15.6. The van der Waals surface area contributed by atoms with E-state index >= 15 is 4.39 Å². The van der Waals surface area contributed by atoms with Gasteiger partial charge in [-0.3, -0.25) is 14.2 Å². The molecule has 4 aromatic rings. The summed E-state index contributed by atoms with van der Waals surface area (Å²) in [6.07, 6.45) is 1.14. The molecule has 0 saturated carbocycles. The first-order valence-corrected chi connectivity index (χ1v) is 14.7. The topological polar surface area (TPSA) is 124 Å². The lowest BCUT2D eigenvalue weighted by molar-refractivity contribution is -0.0281. The summed E-state index contributed by atoms with van der Waals surface area (Å²) in [5.74, 6) is -0.786. The van der Waals surface area contributed by atoms with Gasteiger partial charge in [0.1, 0.15) is 17.1 Å². The van der Waals surface area contributed by atoms with Crippen molar-refractivity contribution >= 4 is 23.2 Å². The Morgan fingerprint density at radius 1 is 1.13 bits per heavy atom. The van der Waals surface area contributed by atoms with Crippen LogP contribution in [0, 0.1) is 12.7 Å². The molecule has 0 bridgehead atoms. The number of benzene rings is 3. The average molecular weight is 637 g/mol. The number of carbonyl (C=O) groups is 1.